The standard InChI is InChI=1S/C23H23.2ClH.Zr/c1-15(2)23(4)12-11-20-19-10-9-16(3)13-18(19)14-21(20)22(23)17-7-5-6-8-17;;;/h5-7,9-13,15H,8H2,1-4H3;2*1H;/q-1;;;+3/p-2. The monoisotopic (exact) mass is 459 g/mol. The molecule has 1 radical (unpaired) electrons. The Balaban J connectivity index is 0.00000113. The van der Waals surface area contributed by atoms with E-state index in [-0.39, 0.29) is 56.4 Å². The average molecular weight is 462 g/mol. The van der Waals surface area contributed by atoms with Crippen LogP contribution < -0.4 is 35.3 Å². The number of rotatable bonds is 2. The Morgan fingerprint density at radius 3 is 2.50 bits per heavy atom. The van der Waals surface area contributed by atoms with Crippen molar-refractivity contribution in [3.63, 3.8) is 0 Å². The van der Waals surface area contributed by atoms with E-state index >= 15 is 0 Å². The molecule has 0 nitrogen and oxygen atoms in total. The van der Waals surface area contributed by atoms with Crippen LogP contribution in [0.25, 0.3) is 11.6 Å². The van der Waals surface area contributed by atoms with E-state index in [1.54, 1.807) is 0 Å². The van der Waals surface area contributed by atoms with Gasteiger partial charge in [0.15, 0.2) is 0 Å². The van der Waals surface area contributed by atoms with Crippen LogP contribution in [-0.2, 0) is 26.2 Å². The second-order valence-electron chi connectivity index (χ2n) is 7.43. The quantitative estimate of drug-likeness (QED) is 0.458. The van der Waals surface area contributed by atoms with Gasteiger partial charge in [0.1, 0.15) is 0 Å². The predicted molar refractivity (Wildman–Crippen MR) is 98.2 cm³/mol. The van der Waals surface area contributed by atoms with E-state index in [1.165, 1.54) is 38.3 Å². The van der Waals surface area contributed by atoms with E-state index in [0.717, 1.165) is 6.42 Å². The summed E-state index contributed by atoms with van der Waals surface area (Å²) in [4.78, 5) is 0. The molecule has 0 spiro atoms. The van der Waals surface area contributed by atoms with Crippen LogP contribution in [0.4, 0.5) is 0 Å². The van der Waals surface area contributed by atoms with Gasteiger partial charge < -0.3 is 24.8 Å². The van der Waals surface area contributed by atoms with Gasteiger partial charge in [-0.2, -0.15) is 0 Å². The van der Waals surface area contributed by atoms with E-state index in [0.29, 0.717) is 5.92 Å². The molecule has 0 heterocycles. The summed E-state index contributed by atoms with van der Waals surface area (Å²) in [7, 11) is 0. The van der Waals surface area contributed by atoms with Gasteiger partial charge in [-0.3, -0.25) is 0 Å². The summed E-state index contributed by atoms with van der Waals surface area (Å²) < 4.78 is 0. The average Bonchev–Trinajstić information content (AvgIpc) is 3.13. The number of benzene rings is 1. The molecule has 1 atom stereocenters. The first-order valence-electron chi connectivity index (χ1n) is 8.56. The molecule has 0 N–H and O–H groups in total. The fourth-order valence-corrected chi connectivity index (χ4v) is 3.93. The van der Waals surface area contributed by atoms with Gasteiger partial charge in [-0.15, -0.1) is 33.7 Å². The maximum absolute atomic E-state index is 3.74. The van der Waals surface area contributed by atoms with Crippen LogP contribution in [0.15, 0.2) is 65.3 Å². The molecule has 4 rings (SSSR count). The Labute approximate surface area is 188 Å². The van der Waals surface area contributed by atoms with Gasteiger partial charge in [0, 0.05) is 0 Å². The summed E-state index contributed by atoms with van der Waals surface area (Å²) in [5.74, 6) is 0.552. The molecule has 3 aliphatic rings. The molecular weight excluding hydrogens is 438 g/mol. The van der Waals surface area contributed by atoms with Crippen LogP contribution in [0.3, 0.4) is 0 Å². The van der Waals surface area contributed by atoms with Crippen LogP contribution in [0.1, 0.15) is 32.8 Å². The van der Waals surface area contributed by atoms with Crippen LogP contribution in [-0.4, -0.2) is 0 Å². The first kappa shape index (κ1) is 23.4. The molecule has 26 heavy (non-hydrogen) atoms. The fourth-order valence-electron chi connectivity index (χ4n) is 3.93. The Morgan fingerprint density at radius 2 is 1.88 bits per heavy atom. The predicted octanol–water partition coefficient (Wildman–Crippen LogP) is -1.76. The van der Waals surface area contributed by atoms with Crippen molar-refractivity contribution in [2.24, 2.45) is 11.3 Å². The molecule has 0 aliphatic heterocycles. The summed E-state index contributed by atoms with van der Waals surface area (Å²) in [5.41, 5.74) is 6.97. The fraction of sp³-hybridized carbons (Fsp3) is 0.304. The molecule has 0 fully saturated rings. The maximum atomic E-state index is 3.74. The molecule has 3 aliphatic carbocycles. The number of fused-ring (bicyclic) bond motifs is 2. The summed E-state index contributed by atoms with van der Waals surface area (Å²) in [5, 5.41) is 2.58. The zero-order valence-electron chi connectivity index (χ0n) is 15.7. The van der Waals surface area contributed by atoms with Gasteiger partial charge in [0.25, 0.3) is 0 Å². The minimum Gasteiger partial charge on any atom is -1.00 e. The summed E-state index contributed by atoms with van der Waals surface area (Å²) in [6.07, 6.45) is 16.3. The molecule has 0 bridgehead atoms. The second kappa shape index (κ2) is 8.60. The third-order valence-electron chi connectivity index (χ3n) is 5.67. The van der Waals surface area contributed by atoms with Gasteiger partial charge in [-0.05, 0) is 24.7 Å². The normalized spacial score (nSPS) is 22.0. The Hall–Kier alpha value is -0.617. The Bertz CT molecular complexity index is 945. The van der Waals surface area contributed by atoms with Crippen molar-refractivity contribution in [3.8, 4) is 0 Å². The molecule has 0 aromatic heterocycles. The van der Waals surface area contributed by atoms with Crippen molar-refractivity contribution in [1.29, 1.82) is 0 Å². The molecule has 1 unspecified atom stereocenters. The molecular formula is C23H23Cl2Zr. The topological polar surface area (TPSA) is 0 Å². The van der Waals surface area contributed by atoms with Crippen LogP contribution in [0.2, 0.25) is 0 Å². The van der Waals surface area contributed by atoms with E-state index < -0.39 is 0 Å². The van der Waals surface area contributed by atoms with Gasteiger partial charge in [0.05, 0.1) is 0 Å². The third kappa shape index (κ3) is 3.56. The first-order valence-corrected chi connectivity index (χ1v) is 8.56. The summed E-state index contributed by atoms with van der Waals surface area (Å²) in [6.45, 7) is 9.18. The summed E-state index contributed by atoms with van der Waals surface area (Å²) >= 11 is 0. The van der Waals surface area contributed by atoms with Crippen molar-refractivity contribution in [3.05, 3.63) is 81.3 Å². The van der Waals surface area contributed by atoms with Crippen molar-refractivity contribution >= 4 is 11.6 Å². The SMILES string of the molecule is Cc1ccc2c(c1)=[C-]C1=C(C3=CC=CC3)C(C)(C(C)C)C=CC=21.[Cl-].[Cl-].[Zr+3]. The van der Waals surface area contributed by atoms with Gasteiger partial charge in [0.2, 0.25) is 0 Å². The second-order valence-corrected chi connectivity index (χ2v) is 7.43. The Morgan fingerprint density at radius 1 is 1.15 bits per heavy atom. The molecule has 0 saturated heterocycles. The minimum absolute atomic E-state index is 0. The third-order valence-corrected chi connectivity index (χ3v) is 5.67. The van der Waals surface area contributed by atoms with Crippen LogP contribution in [0.5, 0.6) is 0 Å². The van der Waals surface area contributed by atoms with Crippen molar-refractivity contribution in [1.82, 2.24) is 0 Å². The van der Waals surface area contributed by atoms with E-state index in [4.69, 9.17) is 0 Å². The summed E-state index contributed by atoms with van der Waals surface area (Å²) in [6, 6.07) is 6.71. The zero-order chi connectivity index (χ0) is 16.2. The molecule has 3 heteroatoms. The number of aryl methyl sites for hydroxylation is 1. The number of hydrogen-bond donors (Lipinski definition) is 0. The first-order chi connectivity index (χ1) is 11.0. The van der Waals surface area contributed by atoms with Crippen molar-refractivity contribution in [2.45, 2.75) is 34.1 Å². The minimum atomic E-state index is 0. The van der Waals surface area contributed by atoms with E-state index in [9.17, 15) is 0 Å². The van der Waals surface area contributed by atoms with Crippen molar-refractivity contribution < 1.29 is 51.0 Å². The van der Waals surface area contributed by atoms with Crippen LogP contribution in [0, 0.1) is 18.3 Å². The van der Waals surface area contributed by atoms with Gasteiger partial charge in [-0.25, -0.2) is 0 Å². The molecule has 0 amide bonds. The van der Waals surface area contributed by atoms with Gasteiger partial charge in [-0.1, -0.05) is 80.0 Å². The number of halogens is 2. The van der Waals surface area contributed by atoms with E-state index in [2.05, 4.69) is 82.4 Å². The molecule has 1 aromatic rings. The molecule has 0 saturated carbocycles. The van der Waals surface area contributed by atoms with Crippen LogP contribution >= 0.6 is 0 Å². The Kier molecular flexibility index (Phi) is 7.74. The zero-order valence-corrected chi connectivity index (χ0v) is 19.6. The number of hydrogen-bond acceptors (Lipinski definition) is 0. The van der Waals surface area contributed by atoms with E-state index in [1.807, 2.05) is 0 Å². The largest absolute Gasteiger partial charge is 3.00 e. The molecule has 1 aromatic carbocycles. The van der Waals surface area contributed by atoms with Gasteiger partial charge >= 0.3 is 26.2 Å². The maximum Gasteiger partial charge on any atom is 3.00 e. The molecule has 133 valence electrons. The number of allylic oxidation sites excluding steroid dienone is 8. The smallest absolute Gasteiger partial charge is 1.00 e. The van der Waals surface area contributed by atoms with Crippen molar-refractivity contribution in [2.75, 3.05) is 0 Å².